The third-order valence-corrected chi connectivity index (χ3v) is 3.68. The minimum Gasteiger partial charge on any atom is -0.480 e. The van der Waals surface area contributed by atoms with Crippen molar-refractivity contribution in [2.24, 2.45) is 0 Å². The largest absolute Gasteiger partial charge is 0.480 e. The van der Waals surface area contributed by atoms with Gasteiger partial charge in [0.15, 0.2) is 0 Å². The maximum absolute atomic E-state index is 11.9. The number of halogens is 1. The number of hydrogen-bond donors (Lipinski definition) is 2. The Labute approximate surface area is 137 Å². The number of rotatable bonds is 3. The summed E-state index contributed by atoms with van der Waals surface area (Å²) in [5.41, 5.74) is 1.13. The molecule has 1 amide bonds. The molecule has 2 N–H and O–H groups in total. The number of nitrogens with one attached hydrogen (secondary N) is 1. The number of benzene rings is 1. The van der Waals surface area contributed by atoms with Gasteiger partial charge in [-0.05, 0) is 44.0 Å². The molecule has 0 aliphatic heterocycles. The van der Waals surface area contributed by atoms with Crippen molar-refractivity contribution in [3.8, 4) is 0 Å². The number of aliphatic carboxylic acids is 1. The van der Waals surface area contributed by atoms with Gasteiger partial charge in [0, 0.05) is 10.4 Å². The highest BCUT2D eigenvalue weighted by atomic mass is 79.9. The topological polar surface area (TPSA) is 75.6 Å². The average Bonchev–Trinajstić information content (AvgIpc) is 2.76. The van der Waals surface area contributed by atoms with Crippen LogP contribution in [0, 0.1) is 0 Å². The van der Waals surface area contributed by atoms with Crippen molar-refractivity contribution in [2.75, 3.05) is 0 Å². The van der Waals surface area contributed by atoms with Crippen molar-refractivity contribution in [1.29, 1.82) is 0 Å². The summed E-state index contributed by atoms with van der Waals surface area (Å²) in [5.74, 6) is -1.54. The van der Waals surface area contributed by atoms with Crippen LogP contribution in [0.3, 0.4) is 0 Å². The van der Waals surface area contributed by atoms with Crippen molar-refractivity contribution in [2.45, 2.75) is 38.3 Å². The van der Waals surface area contributed by atoms with Gasteiger partial charge in [-0.25, -0.2) is 9.59 Å². The zero-order valence-corrected chi connectivity index (χ0v) is 14.2. The summed E-state index contributed by atoms with van der Waals surface area (Å²) in [7, 11) is 0. The van der Waals surface area contributed by atoms with Gasteiger partial charge in [-0.2, -0.15) is 0 Å². The fourth-order valence-corrected chi connectivity index (χ4v) is 2.71. The maximum Gasteiger partial charge on any atom is 0.408 e. The van der Waals surface area contributed by atoms with Crippen LogP contribution in [0.25, 0.3) is 6.08 Å². The number of carbonyl (C=O) groups excluding carboxylic acids is 1. The summed E-state index contributed by atoms with van der Waals surface area (Å²) in [5, 5.41) is 11.9. The van der Waals surface area contributed by atoms with E-state index in [4.69, 9.17) is 4.74 Å². The maximum atomic E-state index is 11.9. The fraction of sp³-hybridized carbons (Fsp3) is 0.375. The van der Waals surface area contributed by atoms with Crippen LogP contribution >= 0.6 is 15.9 Å². The fourth-order valence-electron chi connectivity index (χ4n) is 2.33. The summed E-state index contributed by atoms with van der Waals surface area (Å²) in [6.45, 7) is 5.18. The van der Waals surface area contributed by atoms with E-state index in [1.807, 2.05) is 24.3 Å². The molecular weight excluding hydrogens is 350 g/mol. The normalized spacial score (nSPS) is 17.7. The molecule has 0 saturated carbocycles. The van der Waals surface area contributed by atoms with Crippen LogP contribution in [0.2, 0.25) is 0 Å². The summed E-state index contributed by atoms with van der Waals surface area (Å²) < 4.78 is 6.01. The zero-order valence-electron chi connectivity index (χ0n) is 12.6. The minimum absolute atomic E-state index is 0.433. The zero-order chi connectivity index (χ0) is 16.5. The smallest absolute Gasteiger partial charge is 0.408 e. The molecule has 0 heterocycles. The standard InChI is InChI=1S/C16H18BrNO4/c1-16(2,3)22-15(21)18-13(14(19)20)11-7-5-9-4-6-10(17)8-12(9)11/h4-8,11,13H,1-3H3,(H,18,21)(H,19,20)/t11-,13-/m0/s1. The Morgan fingerprint density at radius 1 is 1.36 bits per heavy atom. The third kappa shape index (κ3) is 3.88. The van der Waals surface area contributed by atoms with E-state index in [0.717, 1.165) is 15.6 Å². The predicted molar refractivity (Wildman–Crippen MR) is 86.7 cm³/mol. The SMILES string of the molecule is CC(C)(C)OC(=O)N[C@H](C(=O)O)[C@H]1C=Cc2ccc(Br)cc21. The molecule has 22 heavy (non-hydrogen) atoms. The van der Waals surface area contributed by atoms with Crippen molar-refractivity contribution in [3.63, 3.8) is 0 Å². The van der Waals surface area contributed by atoms with E-state index in [1.165, 1.54) is 0 Å². The molecule has 0 fully saturated rings. The molecule has 0 saturated heterocycles. The van der Waals surface area contributed by atoms with Crippen LogP contribution in [0.5, 0.6) is 0 Å². The Kier molecular flexibility index (Phi) is 4.60. The Bertz CT molecular complexity index is 634. The van der Waals surface area contributed by atoms with Crippen LogP contribution < -0.4 is 5.32 Å². The van der Waals surface area contributed by atoms with E-state index >= 15 is 0 Å². The third-order valence-electron chi connectivity index (χ3n) is 3.19. The van der Waals surface area contributed by atoms with E-state index in [1.54, 1.807) is 26.8 Å². The molecule has 2 rings (SSSR count). The van der Waals surface area contributed by atoms with Crippen molar-refractivity contribution in [1.82, 2.24) is 5.32 Å². The monoisotopic (exact) mass is 367 g/mol. The first-order chi connectivity index (χ1) is 10.2. The summed E-state index contributed by atoms with van der Waals surface area (Å²) in [6, 6.07) is 4.58. The minimum atomic E-state index is -1.10. The first kappa shape index (κ1) is 16.5. The van der Waals surface area contributed by atoms with Crippen LogP contribution in [-0.4, -0.2) is 28.8 Å². The van der Waals surface area contributed by atoms with Gasteiger partial charge in [0.2, 0.25) is 0 Å². The summed E-state index contributed by atoms with van der Waals surface area (Å²) in [4.78, 5) is 23.4. The lowest BCUT2D eigenvalue weighted by Gasteiger charge is -2.24. The lowest BCUT2D eigenvalue weighted by atomic mass is 9.93. The Morgan fingerprint density at radius 2 is 2.05 bits per heavy atom. The second-order valence-corrected chi connectivity index (χ2v) is 7.04. The molecule has 0 aromatic heterocycles. The molecule has 5 nitrogen and oxygen atoms in total. The highest BCUT2D eigenvalue weighted by Crippen LogP contribution is 2.34. The molecule has 1 aromatic rings. The van der Waals surface area contributed by atoms with Crippen LogP contribution in [0.4, 0.5) is 4.79 Å². The molecule has 1 aliphatic rings. The van der Waals surface area contributed by atoms with Crippen molar-refractivity contribution < 1.29 is 19.4 Å². The molecule has 0 spiro atoms. The molecule has 0 radical (unpaired) electrons. The number of carboxylic acids is 1. The quantitative estimate of drug-likeness (QED) is 0.856. The highest BCUT2D eigenvalue weighted by molar-refractivity contribution is 9.10. The molecule has 1 aromatic carbocycles. The van der Waals surface area contributed by atoms with Crippen molar-refractivity contribution in [3.05, 3.63) is 39.9 Å². The van der Waals surface area contributed by atoms with Gasteiger partial charge in [-0.15, -0.1) is 0 Å². The number of fused-ring (bicyclic) bond motifs is 1. The molecule has 1 aliphatic carbocycles. The number of alkyl carbamates (subject to hydrolysis) is 1. The van der Waals surface area contributed by atoms with E-state index in [9.17, 15) is 14.7 Å². The lowest BCUT2D eigenvalue weighted by molar-refractivity contribution is -0.139. The highest BCUT2D eigenvalue weighted by Gasteiger charge is 2.34. The van der Waals surface area contributed by atoms with E-state index in [2.05, 4.69) is 21.2 Å². The van der Waals surface area contributed by atoms with Gasteiger partial charge in [-0.3, -0.25) is 0 Å². The van der Waals surface area contributed by atoms with Gasteiger partial charge in [0.1, 0.15) is 11.6 Å². The number of hydrogen-bond acceptors (Lipinski definition) is 3. The summed E-state index contributed by atoms with van der Waals surface area (Å²) >= 11 is 3.38. The summed E-state index contributed by atoms with van der Waals surface area (Å²) in [6.07, 6.45) is 2.91. The first-order valence-corrected chi connectivity index (χ1v) is 7.66. The number of carboxylic acid groups (broad SMARTS) is 1. The van der Waals surface area contributed by atoms with Crippen LogP contribution in [-0.2, 0) is 9.53 Å². The first-order valence-electron chi connectivity index (χ1n) is 6.87. The Morgan fingerprint density at radius 3 is 2.64 bits per heavy atom. The Hall–Kier alpha value is -1.82. The number of amides is 1. The Balaban J connectivity index is 2.21. The molecule has 0 unspecified atom stereocenters. The molecule has 118 valence electrons. The second-order valence-electron chi connectivity index (χ2n) is 6.12. The van der Waals surface area contributed by atoms with Gasteiger partial charge in [-0.1, -0.05) is 34.1 Å². The van der Waals surface area contributed by atoms with Gasteiger partial charge in [0.25, 0.3) is 0 Å². The van der Waals surface area contributed by atoms with Crippen molar-refractivity contribution >= 4 is 34.1 Å². The predicted octanol–water partition coefficient (Wildman–Crippen LogP) is 3.54. The van der Waals surface area contributed by atoms with Crippen LogP contribution in [0.1, 0.15) is 37.8 Å². The van der Waals surface area contributed by atoms with E-state index in [-0.39, 0.29) is 0 Å². The second kappa shape index (κ2) is 6.12. The van der Waals surface area contributed by atoms with Gasteiger partial charge >= 0.3 is 12.1 Å². The molecule has 6 heteroatoms. The molecular formula is C16H18BrNO4. The van der Waals surface area contributed by atoms with E-state index < -0.39 is 29.6 Å². The average molecular weight is 368 g/mol. The molecule has 2 atom stereocenters. The van der Waals surface area contributed by atoms with Gasteiger partial charge in [0.05, 0.1) is 0 Å². The number of ether oxygens (including phenoxy) is 1. The van der Waals surface area contributed by atoms with E-state index in [0.29, 0.717) is 0 Å². The lowest BCUT2D eigenvalue weighted by Crippen LogP contribution is -2.46. The van der Waals surface area contributed by atoms with Gasteiger partial charge < -0.3 is 15.2 Å². The number of carbonyl (C=O) groups is 2. The molecule has 0 bridgehead atoms. The van der Waals surface area contributed by atoms with Crippen LogP contribution in [0.15, 0.2) is 28.7 Å².